The minimum absolute atomic E-state index is 0.329. The molecule has 3 nitrogen and oxygen atoms in total. The van der Waals surface area contributed by atoms with Crippen LogP contribution in [0.5, 0.6) is 11.5 Å². The van der Waals surface area contributed by atoms with E-state index in [-0.39, 0.29) is 0 Å². The van der Waals surface area contributed by atoms with E-state index in [0.717, 1.165) is 16.7 Å². The van der Waals surface area contributed by atoms with Crippen molar-refractivity contribution in [3.05, 3.63) is 23.8 Å². The molecule has 0 spiro atoms. The molecule has 0 bridgehead atoms. The van der Waals surface area contributed by atoms with E-state index in [4.69, 9.17) is 9.47 Å². The topological polar surface area (TPSA) is 30.5 Å². The van der Waals surface area contributed by atoms with Gasteiger partial charge in [-0.25, -0.2) is 0 Å². The van der Waals surface area contributed by atoms with Crippen molar-refractivity contribution in [2.75, 3.05) is 20.5 Å². The second-order valence-electron chi connectivity index (χ2n) is 5.72. The Morgan fingerprint density at radius 2 is 1.95 bits per heavy atom. The number of methoxy groups -OCH3 is 2. The van der Waals surface area contributed by atoms with Crippen LogP contribution >= 0.6 is 11.8 Å². The lowest BCUT2D eigenvalue weighted by molar-refractivity contribution is 0.346. The van der Waals surface area contributed by atoms with E-state index in [1.165, 1.54) is 31.2 Å². The lowest BCUT2D eigenvalue weighted by Crippen LogP contribution is -2.36. The highest BCUT2D eigenvalue weighted by Gasteiger charge is 2.23. The molecule has 1 aliphatic carbocycles. The lowest BCUT2D eigenvalue weighted by atomic mass is 9.93. The summed E-state index contributed by atoms with van der Waals surface area (Å²) in [7, 11) is 3.35. The molecule has 0 heterocycles. The minimum atomic E-state index is 0.329. The summed E-state index contributed by atoms with van der Waals surface area (Å²) in [5.41, 5.74) is 1.25. The number of benzene rings is 1. The molecular weight excluding hydrogens is 282 g/mol. The van der Waals surface area contributed by atoms with E-state index < -0.39 is 0 Å². The maximum atomic E-state index is 5.40. The van der Waals surface area contributed by atoms with Gasteiger partial charge in [-0.1, -0.05) is 12.5 Å². The predicted molar refractivity (Wildman–Crippen MR) is 90.7 cm³/mol. The van der Waals surface area contributed by atoms with E-state index in [1.807, 2.05) is 17.8 Å². The van der Waals surface area contributed by atoms with E-state index in [0.29, 0.717) is 12.1 Å². The quantitative estimate of drug-likeness (QED) is 0.859. The first-order valence-electron chi connectivity index (χ1n) is 7.68. The number of hydrogen-bond acceptors (Lipinski definition) is 4. The van der Waals surface area contributed by atoms with Gasteiger partial charge in [0.25, 0.3) is 0 Å². The van der Waals surface area contributed by atoms with Crippen LogP contribution in [0.25, 0.3) is 0 Å². The van der Waals surface area contributed by atoms with Crippen LogP contribution in [0.4, 0.5) is 0 Å². The molecule has 1 saturated carbocycles. The Kier molecular flexibility index (Phi) is 6.24. The Balaban J connectivity index is 2.01. The molecule has 1 N–H and O–H groups in total. The second-order valence-corrected chi connectivity index (χ2v) is 6.86. The van der Waals surface area contributed by atoms with Crippen LogP contribution in [0.3, 0.4) is 0 Å². The van der Waals surface area contributed by atoms with Crippen molar-refractivity contribution < 1.29 is 9.47 Å². The van der Waals surface area contributed by atoms with Gasteiger partial charge in [-0.3, -0.25) is 0 Å². The first-order chi connectivity index (χ1) is 10.2. The highest BCUT2D eigenvalue weighted by atomic mass is 32.2. The maximum Gasteiger partial charge on any atom is 0.161 e. The molecule has 4 heteroatoms. The normalized spacial score (nSPS) is 23.6. The smallest absolute Gasteiger partial charge is 0.161 e. The molecule has 118 valence electrons. The van der Waals surface area contributed by atoms with Crippen LogP contribution in [-0.2, 0) is 0 Å². The summed E-state index contributed by atoms with van der Waals surface area (Å²) in [4.78, 5) is 0. The molecule has 1 aliphatic rings. The van der Waals surface area contributed by atoms with Crippen LogP contribution in [0.2, 0.25) is 0 Å². The molecule has 0 radical (unpaired) electrons. The van der Waals surface area contributed by atoms with Crippen molar-refractivity contribution >= 4 is 11.8 Å². The fourth-order valence-corrected chi connectivity index (χ4v) is 3.91. The van der Waals surface area contributed by atoms with Gasteiger partial charge in [-0.15, -0.1) is 0 Å². The molecule has 3 unspecified atom stereocenters. The van der Waals surface area contributed by atoms with Crippen molar-refractivity contribution in [1.82, 2.24) is 5.32 Å². The first-order valence-corrected chi connectivity index (χ1v) is 8.97. The van der Waals surface area contributed by atoms with Gasteiger partial charge in [-0.2, -0.15) is 11.8 Å². The summed E-state index contributed by atoms with van der Waals surface area (Å²) in [5, 5.41) is 4.59. The van der Waals surface area contributed by atoms with Gasteiger partial charge in [0.1, 0.15) is 0 Å². The molecule has 0 saturated heterocycles. The summed E-state index contributed by atoms with van der Waals surface area (Å²) in [5.74, 6) is 1.59. The van der Waals surface area contributed by atoms with Crippen LogP contribution in [0.1, 0.15) is 44.2 Å². The number of rotatable bonds is 6. The van der Waals surface area contributed by atoms with Gasteiger partial charge in [0.2, 0.25) is 0 Å². The molecule has 1 aromatic rings. The highest BCUT2D eigenvalue weighted by Crippen LogP contribution is 2.32. The zero-order chi connectivity index (χ0) is 15.2. The molecule has 3 atom stereocenters. The molecule has 0 aliphatic heterocycles. The number of thioether (sulfide) groups is 1. The second kappa shape index (κ2) is 7.95. The van der Waals surface area contributed by atoms with Crippen molar-refractivity contribution in [3.8, 4) is 11.5 Å². The van der Waals surface area contributed by atoms with Crippen LogP contribution in [0.15, 0.2) is 18.2 Å². The summed E-state index contributed by atoms with van der Waals surface area (Å²) >= 11 is 2.01. The Hall–Kier alpha value is -0.870. The van der Waals surface area contributed by atoms with E-state index >= 15 is 0 Å². The summed E-state index contributed by atoms with van der Waals surface area (Å²) in [6.07, 6.45) is 7.49. The zero-order valence-electron chi connectivity index (χ0n) is 13.5. The number of hydrogen-bond donors (Lipinski definition) is 1. The Bertz CT molecular complexity index is 452. The standard InChI is InChI=1S/C17H27NO2S/c1-12(18-14-6-5-7-15(11-14)21-4)13-8-9-16(19-2)17(10-13)20-3/h8-10,12,14-15,18H,5-7,11H2,1-4H3. The SMILES string of the molecule is COc1ccc(C(C)NC2CCCC(SC)C2)cc1OC. The van der Waals surface area contributed by atoms with Gasteiger partial charge >= 0.3 is 0 Å². The summed E-state index contributed by atoms with van der Waals surface area (Å²) < 4.78 is 10.7. The van der Waals surface area contributed by atoms with Crippen LogP contribution in [0, 0.1) is 0 Å². The molecule has 1 aromatic carbocycles. The molecule has 0 aromatic heterocycles. The van der Waals surface area contributed by atoms with Gasteiger partial charge in [0.15, 0.2) is 11.5 Å². The molecule has 21 heavy (non-hydrogen) atoms. The number of ether oxygens (including phenoxy) is 2. The predicted octanol–water partition coefficient (Wildman–Crippen LogP) is 4.03. The van der Waals surface area contributed by atoms with Gasteiger partial charge in [0.05, 0.1) is 14.2 Å². The zero-order valence-corrected chi connectivity index (χ0v) is 14.3. The van der Waals surface area contributed by atoms with E-state index in [2.05, 4.69) is 30.6 Å². The number of nitrogens with one attached hydrogen (secondary N) is 1. The summed E-state index contributed by atoms with van der Waals surface area (Å²) in [6, 6.07) is 7.13. The largest absolute Gasteiger partial charge is 0.493 e. The first kappa shape index (κ1) is 16.5. The molecule has 1 fully saturated rings. The van der Waals surface area contributed by atoms with Gasteiger partial charge in [0, 0.05) is 17.3 Å². The van der Waals surface area contributed by atoms with Crippen LogP contribution in [-0.4, -0.2) is 31.8 Å². The average Bonchev–Trinajstić information content (AvgIpc) is 2.54. The van der Waals surface area contributed by atoms with Gasteiger partial charge in [-0.05, 0) is 50.1 Å². The Labute approximate surface area is 132 Å². The molecular formula is C17H27NO2S. The third kappa shape index (κ3) is 4.30. The molecule has 0 amide bonds. The van der Waals surface area contributed by atoms with Gasteiger partial charge < -0.3 is 14.8 Å². The van der Waals surface area contributed by atoms with Crippen molar-refractivity contribution in [1.29, 1.82) is 0 Å². The van der Waals surface area contributed by atoms with Crippen LogP contribution < -0.4 is 14.8 Å². The van der Waals surface area contributed by atoms with E-state index in [1.54, 1.807) is 14.2 Å². The Morgan fingerprint density at radius 3 is 2.62 bits per heavy atom. The summed E-state index contributed by atoms with van der Waals surface area (Å²) in [6.45, 7) is 2.23. The van der Waals surface area contributed by atoms with Crippen molar-refractivity contribution in [3.63, 3.8) is 0 Å². The monoisotopic (exact) mass is 309 g/mol. The third-order valence-corrected chi connectivity index (χ3v) is 5.45. The maximum absolute atomic E-state index is 5.40. The minimum Gasteiger partial charge on any atom is -0.493 e. The average molecular weight is 309 g/mol. The fraction of sp³-hybridized carbons (Fsp3) is 0.647. The highest BCUT2D eigenvalue weighted by molar-refractivity contribution is 7.99. The third-order valence-electron chi connectivity index (χ3n) is 4.35. The Morgan fingerprint density at radius 1 is 1.19 bits per heavy atom. The fourth-order valence-electron chi connectivity index (χ4n) is 3.08. The van der Waals surface area contributed by atoms with E-state index in [9.17, 15) is 0 Å². The van der Waals surface area contributed by atoms with Crippen molar-refractivity contribution in [2.45, 2.75) is 49.9 Å². The van der Waals surface area contributed by atoms with Crippen molar-refractivity contribution in [2.24, 2.45) is 0 Å². The molecule has 2 rings (SSSR count). The lowest BCUT2D eigenvalue weighted by Gasteiger charge is -2.31.